The van der Waals surface area contributed by atoms with Crippen LogP contribution in [0.15, 0.2) is 78.9 Å². The van der Waals surface area contributed by atoms with Gasteiger partial charge in [0.1, 0.15) is 6.61 Å². The summed E-state index contributed by atoms with van der Waals surface area (Å²) in [7, 11) is 3.52. The number of para-hydroxylation sites is 1. The van der Waals surface area contributed by atoms with Gasteiger partial charge in [-0.15, -0.1) is 0 Å². The molecule has 0 saturated carbocycles. The van der Waals surface area contributed by atoms with Crippen molar-refractivity contribution in [2.75, 3.05) is 99.9 Å². The third-order valence-corrected chi connectivity index (χ3v) is 9.81. The van der Waals surface area contributed by atoms with E-state index in [9.17, 15) is 14.4 Å². The van der Waals surface area contributed by atoms with E-state index in [1.54, 1.807) is 12.1 Å². The monoisotopic (exact) mass is 801 g/mol. The molecule has 58 heavy (non-hydrogen) atoms. The molecule has 0 aliphatic heterocycles. The Kier molecular flexibility index (Phi) is 18.5. The van der Waals surface area contributed by atoms with E-state index < -0.39 is 6.09 Å². The van der Waals surface area contributed by atoms with Crippen LogP contribution in [0.5, 0.6) is 0 Å². The normalized spacial score (nSPS) is 12.1. The number of ether oxygens (including phenoxy) is 6. The molecule has 1 aliphatic rings. The van der Waals surface area contributed by atoms with Crippen molar-refractivity contribution in [1.82, 2.24) is 25.2 Å². The first-order chi connectivity index (χ1) is 28.4. The van der Waals surface area contributed by atoms with Gasteiger partial charge in [0.05, 0.1) is 72.6 Å². The standard InChI is InChI=1S/C44H59N5O9/c1-4-20-53-22-24-55-26-28-57-29-27-56-25-23-54-21-18-45-43(51)31-46-42(50)17-19-49-35(30-34-11-5-10-16-41(34)49)32-47(2)48(3)44(52)58-33-40-38-14-8-6-12-36(38)37-13-7-9-15-39(37)40/h5-16,30,40H,4,17-29,31-33H2,1-3H3,(H,45,51)(H,46,50). The van der Waals surface area contributed by atoms with Gasteiger partial charge >= 0.3 is 6.09 Å². The summed E-state index contributed by atoms with van der Waals surface area (Å²) in [5.41, 5.74) is 6.57. The molecular formula is C44H59N5O9. The number of aryl methyl sites for hydroxylation is 1. The number of nitrogens with zero attached hydrogens (tertiary/aromatic N) is 3. The molecule has 0 fully saturated rings. The number of nitrogens with one attached hydrogen (secondary N) is 2. The fraction of sp³-hybridized carbons (Fsp3) is 0.477. The number of benzene rings is 3. The van der Waals surface area contributed by atoms with Gasteiger partial charge in [0, 0.05) is 57.3 Å². The van der Waals surface area contributed by atoms with Crippen LogP contribution < -0.4 is 10.6 Å². The number of amides is 3. The highest BCUT2D eigenvalue weighted by molar-refractivity contribution is 5.85. The van der Waals surface area contributed by atoms with Gasteiger partial charge in [-0.05, 0) is 46.2 Å². The molecule has 0 bridgehead atoms. The lowest BCUT2D eigenvalue weighted by Crippen LogP contribution is -2.41. The van der Waals surface area contributed by atoms with Gasteiger partial charge in [0.25, 0.3) is 0 Å². The predicted octanol–water partition coefficient (Wildman–Crippen LogP) is 4.98. The first-order valence-electron chi connectivity index (χ1n) is 20.2. The first-order valence-corrected chi connectivity index (χ1v) is 20.2. The van der Waals surface area contributed by atoms with Crippen molar-refractivity contribution in [3.8, 4) is 11.1 Å². The Hall–Kier alpha value is -4.83. The Morgan fingerprint density at radius 3 is 1.84 bits per heavy atom. The maximum Gasteiger partial charge on any atom is 0.424 e. The van der Waals surface area contributed by atoms with Crippen molar-refractivity contribution in [3.63, 3.8) is 0 Å². The fourth-order valence-electron chi connectivity index (χ4n) is 6.76. The molecule has 14 nitrogen and oxygen atoms in total. The van der Waals surface area contributed by atoms with Gasteiger partial charge in [0.2, 0.25) is 11.8 Å². The zero-order valence-corrected chi connectivity index (χ0v) is 34.1. The number of hydrogen-bond donors (Lipinski definition) is 2. The van der Waals surface area contributed by atoms with E-state index in [1.165, 1.54) is 16.1 Å². The van der Waals surface area contributed by atoms with Crippen LogP contribution in [0.3, 0.4) is 0 Å². The molecule has 0 saturated heterocycles. The van der Waals surface area contributed by atoms with Crippen molar-refractivity contribution in [1.29, 1.82) is 0 Å². The van der Waals surface area contributed by atoms with Crippen molar-refractivity contribution in [2.45, 2.75) is 38.8 Å². The van der Waals surface area contributed by atoms with Gasteiger partial charge in [-0.25, -0.2) is 14.8 Å². The second-order valence-electron chi connectivity index (χ2n) is 13.9. The van der Waals surface area contributed by atoms with Crippen molar-refractivity contribution in [2.24, 2.45) is 0 Å². The summed E-state index contributed by atoms with van der Waals surface area (Å²) < 4.78 is 35.2. The highest BCUT2D eigenvalue weighted by Gasteiger charge is 2.30. The van der Waals surface area contributed by atoms with Crippen LogP contribution in [0.4, 0.5) is 4.79 Å². The summed E-state index contributed by atoms with van der Waals surface area (Å²) in [6.45, 7) is 8.29. The summed E-state index contributed by atoms with van der Waals surface area (Å²) in [6.07, 6.45) is 0.715. The fourth-order valence-corrected chi connectivity index (χ4v) is 6.76. The summed E-state index contributed by atoms with van der Waals surface area (Å²) >= 11 is 0. The maximum absolute atomic E-state index is 13.3. The number of hydrazine groups is 1. The lowest BCUT2D eigenvalue weighted by Gasteiger charge is -2.28. The van der Waals surface area contributed by atoms with Crippen LogP contribution in [0.2, 0.25) is 0 Å². The molecule has 0 radical (unpaired) electrons. The zero-order chi connectivity index (χ0) is 41.0. The van der Waals surface area contributed by atoms with E-state index in [1.807, 2.05) is 55.6 Å². The Bertz CT molecular complexity index is 1840. The number of fused-ring (bicyclic) bond motifs is 4. The first kappa shape index (κ1) is 44.3. The van der Waals surface area contributed by atoms with Crippen LogP contribution in [-0.4, -0.2) is 132 Å². The molecule has 0 unspecified atom stereocenters. The molecule has 1 heterocycles. The highest BCUT2D eigenvalue weighted by atomic mass is 16.6. The quantitative estimate of drug-likeness (QED) is 0.0627. The number of rotatable bonds is 27. The third-order valence-electron chi connectivity index (χ3n) is 9.81. The molecule has 0 spiro atoms. The Balaban J connectivity index is 0.960. The third kappa shape index (κ3) is 13.4. The maximum atomic E-state index is 13.3. The second-order valence-corrected chi connectivity index (χ2v) is 13.9. The topological polar surface area (TPSA) is 142 Å². The predicted molar refractivity (Wildman–Crippen MR) is 221 cm³/mol. The Morgan fingerprint density at radius 2 is 1.22 bits per heavy atom. The largest absolute Gasteiger partial charge is 0.447 e. The van der Waals surface area contributed by atoms with E-state index in [-0.39, 0.29) is 37.3 Å². The molecule has 5 rings (SSSR count). The average molecular weight is 802 g/mol. The van der Waals surface area contributed by atoms with Crippen molar-refractivity contribution in [3.05, 3.63) is 95.7 Å². The molecule has 14 heteroatoms. The number of carbonyl (C=O) groups excluding carboxylic acids is 3. The molecule has 3 amide bonds. The summed E-state index contributed by atoms with van der Waals surface area (Å²) in [4.78, 5) is 38.5. The smallest absolute Gasteiger partial charge is 0.424 e. The van der Waals surface area contributed by atoms with Crippen molar-refractivity contribution >= 4 is 28.8 Å². The van der Waals surface area contributed by atoms with Crippen molar-refractivity contribution < 1.29 is 42.8 Å². The minimum atomic E-state index is -0.454. The van der Waals surface area contributed by atoms with Gasteiger partial charge < -0.3 is 43.6 Å². The second kappa shape index (κ2) is 24.2. The van der Waals surface area contributed by atoms with E-state index in [0.717, 1.165) is 40.8 Å². The summed E-state index contributed by atoms with van der Waals surface area (Å²) in [5.74, 6) is -0.577. The SMILES string of the molecule is CCCOCCOCCOCCOCCOCCNC(=O)CNC(=O)CCn1c(CN(C)N(C)C(=O)OCC2c3ccccc3-c3ccccc32)cc2ccccc21. The average Bonchev–Trinajstić information content (AvgIpc) is 3.76. The minimum Gasteiger partial charge on any atom is -0.447 e. The lowest BCUT2D eigenvalue weighted by atomic mass is 9.98. The van der Waals surface area contributed by atoms with E-state index in [0.29, 0.717) is 79.1 Å². The molecule has 2 N–H and O–H groups in total. The molecule has 0 atom stereocenters. The number of aromatic nitrogens is 1. The molecular weight excluding hydrogens is 743 g/mol. The summed E-state index contributed by atoms with van der Waals surface area (Å²) in [6, 6.07) is 26.5. The van der Waals surface area contributed by atoms with Gasteiger partial charge in [-0.3, -0.25) is 9.59 Å². The molecule has 1 aromatic heterocycles. The summed E-state index contributed by atoms with van der Waals surface area (Å²) in [5, 5.41) is 9.76. The Morgan fingerprint density at radius 1 is 0.672 bits per heavy atom. The molecule has 4 aromatic rings. The highest BCUT2D eigenvalue weighted by Crippen LogP contribution is 2.44. The van der Waals surface area contributed by atoms with Crippen LogP contribution in [-0.2, 0) is 51.1 Å². The van der Waals surface area contributed by atoms with Gasteiger partial charge in [0.15, 0.2) is 0 Å². The van der Waals surface area contributed by atoms with Crippen LogP contribution in [0.1, 0.15) is 42.5 Å². The number of hydrogen-bond acceptors (Lipinski definition) is 10. The zero-order valence-electron chi connectivity index (χ0n) is 34.1. The molecule has 314 valence electrons. The van der Waals surface area contributed by atoms with Crippen LogP contribution in [0, 0.1) is 0 Å². The van der Waals surface area contributed by atoms with Gasteiger partial charge in [-0.1, -0.05) is 73.7 Å². The van der Waals surface area contributed by atoms with Gasteiger partial charge in [-0.2, -0.15) is 0 Å². The minimum absolute atomic E-state index is 0.0328. The number of carbonyl (C=O) groups is 3. The molecule has 3 aromatic carbocycles. The van der Waals surface area contributed by atoms with E-state index >= 15 is 0 Å². The van der Waals surface area contributed by atoms with Crippen LogP contribution >= 0.6 is 0 Å². The van der Waals surface area contributed by atoms with E-state index in [2.05, 4.69) is 52.5 Å². The Labute approximate surface area is 341 Å². The molecule has 1 aliphatic carbocycles. The van der Waals surface area contributed by atoms with E-state index in [4.69, 9.17) is 28.4 Å². The lowest BCUT2D eigenvalue weighted by molar-refractivity contribution is -0.126. The van der Waals surface area contributed by atoms with Crippen LogP contribution in [0.25, 0.3) is 22.0 Å².